The molecule has 1 aromatic carbocycles. The second kappa shape index (κ2) is 6.51. The monoisotopic (exact) mass is 426 g/mol. The molecule has 0 saturated carbocycles. The number of aromatic nitrogens is 5. The number of aromatic amines is 2. The van der Waals surface area contributed by atoms with Crippen LogP contribution in [0.25, 0.3) is 22.3 Å². The summed E-state index contributed by atoms with van der Waals surface area (Å²) >= 11 is 3.41. The van der Waals surface area contributed by atoms with E-state index in [1.54, 1.807) is 26.1 Å². The lowest BCUT2D eigenvalue weighted by atomic mass is 10.1. The van der Waals surface area contributed by atoms with Crippen molar-refractivity contribution in [2.45, 2.75) is 6.92 Å². The molecule has 0 unspecified atom stereocenters. The Kier molecular flexibility index (Phi) is 4.15. The van der Waals surface area contributed by atoms with Crippen LogP contribution in [0.4, 0.5) is 0 Å². The van der Waals surface area contributed by atoms with E-state index in [2.05, 4.69) is 41.0 Å². The molecule has 136 valence electrons. The van der Waals surface area contributed by atoms with Crippen LogP contribution in [0.5, 0.6) is 5.88 Å². The highest BCUT2D eigenvalue weighted by molar-refractivity contribution is 9.10. The Morgan fingerprint density at radius 2 is 2.00 bits per heavy atom. The predicted molar refractivity (Wildman–Crippen MR) is 103 cm³/mol. The third-order valence-corrected chi connectivity index (χ3v) is 4.58. The maximum atomic E-state index is 12.7. The molecule has 3 N–H and O–H groups in total. The molecule has 0 aliphatic rings. The minimum Gasteiger partial charge on any atom is -0.493 e. The Bertz CT molecular complexity index is 1250. The topological polar surface area (TPSA) is 112 Å². The summed E-state index contributed by atoms with van der Waals surface area (Å²) in [5, 5.41) is 14.1. The number of nitrogens with zero attached hydrogens (tertiary/aromatic N) is 4. The zero-order valence-electron chi connectivity index (χ0n) is 14.5. The van der Waals surface area contributed by atoms with Crippen LogP contribution in [0, 0.1) is 6.92 Å². The SMILES string of the molecule is Cc1cc(C(=O)/N=c2\[nH]c3ccc(Br)cc3[nH]2)cc(-c2cnn(C)c2O)n1. The number of amides is 1. The van der Waals surface area contributed by atoms with Gasteiger partial charge in [-0.15, -0.1) is 0 Å². The summed E-state index contributed by atoms with van der Waals surface area (Å²) in [5.74, 6) is -0.440. The number of H-pyrrole nitrogens is 2. The van der Waals surface area contributed by atoms with Gasteiger partial charge in [0.25, 0.3) is 5.91 Å². The number of hydrogen-bond acceptors (Lipinski definition) is 4. The Hall–Kier alpha value is -3.20. The molecule has 1 amide bonds. The van der Waals surface area contributed by atoms with Gasteiger partial charge in [-0.3, -0.25) is 9.78 Å². The molecule has 4 aromatic rings. The fraction of sp³-hybridized carbons (Fsp3) is 0.111. The first-order valence-electron chi connectivity index (χ1n) is 8.07. The van der Waals surface area contributed by atoms with E-state index in [0.29, 0.717) is 28.1 Å². The molecule has 0 radical (unpaired) electrons. The zero-order valence-corrected chi connectivity index (χ0v) is 16.1. The number of aryl methyl sites for hydroxylation is 2. The quantitative estimate of drug-likeness (QED) is 0.457. The minimum absolute atomic E-state index is 0.0158. The fourth-order valence-corrected chi connectivity index (χ4v) is 3.14. The smallest absolute Gasteiger partial charge is 0.280 e. The van der Waals surface area contributed by atoms with Gasteiger partial charge in [-0.25, -0.2) is 4.68 Å². The molecular weight excluding hydrogens is 412 g/mol. The predicted octanol–water partition coefficient (Wildman–Crippen LogP) is 2.81. The van der Waals surface area contributed by atoms with Gasteiger partial charge < -0.3 is 15.1 Å². The van der Waals surface area contributed by atoms with Crippen molar-refractivity contribution in [3.8, 4) is 17.1 Å². The number of carbonyl (C=O) groups excluding carboxylic acids is 1. The largest absolute Gasteiger partial charge is 0.493 e. The molecule has 3 heterocycles. The number of rotatable bonds is 2. The summed E-state index contributed by atoms with van der Waals surface area (Å²) in [6.07, 6.45) is 1.51. The molecule has 3 aromatic heterocycles. The minimum atomic E-state index is -0.424. The van der Waals surface area contributed by atoms with Crippen molar-refractivity contribution in [3.05, 3.63) is 57.9 Å². The Balaban J connectivity index is 1.76. The molecule has 0 aliphatic carbocycles. The number of halogens is 1. The van der Waals surface area contributed by atoms with E-state index < -0.39 is 5.91 Å². The number of hydrogen-bond donors (Lipinski definition) is 3. The number of aromatic hydroxyl groups is 1. The molecule has 0 fully saturated rings. The highest BCUT2D eigenvalue weighted by atomic mass is 79.9. The van der Waals surface area contributed by atoms with Gasteiger partial charge in [0.1, 0.15) is 0 Å². The molecule has 0 aliphatic heterocycles. The van der Waals surface area contributed by atoms with Crippen molar-refractivity contribution in [2.75, 3.05) is 0 Å². The van der Waals surface area contributed by atoms with E-state index in [4.69, 9.17) is 0 Å². The first-order valence-corrected chi connectivity index (χ1v) is 8.86. The Morgan fingerprint density at radius 1 is 1.22 bits per heavy atom. The van der Waals surface area contributed by atoms with Gasteiger partial charge in [-0.2, -0.15) is 10.1 Å². The summed E-state index contributed by atoms with van der Waals surface area (Å²) in [7, 11) is 1.63. The van der Waals surface area contributed by atoms with Crippen LogP contribution in [-0.4, -0.2) is 35.7 Å². The van der Waals surface area contributed by atoms with Gasteiger partial charge in [-0.05, 0) is 37.3 Å². The van der Waals surface area contributed by atoms with E-state index in [1.807, 2.05) is 18.2 Å². The number of carbonyl (C=O) groups is 1. The lowest BCUT2D eigenvalue weighted by Gasteiger charge is -2.03. The van der Waals surface area contributed by atoms with Crippen LogP contribution >= 0.6 is 15.9 Å². The fourth-order valence-electron chi connectivity index (χ4n) is 2.78. The summed E-state index contributed by atoms with van der Waals surface area (Å²) < 4.78 is 2.26. The third-order valence-electron chi connectivity index (χ3n) is 4.08. The maximum Gasteiger partial charge on any atom is 0.280 e. The van der Waals surface area contributed by atoms with Crippen molar-refractivity contribution < 1.29 is 9.90 Å². The summed E-state index contributed by atoms with van der Waals surface area (Å²) in [6, 6.07) is 8.93. The van der Waals surface area contributed by atoms with Gasteiger partial charge in [-0.1, -0.05) is 15.9 Å². The number of imidazole rings is 1. The molecule has 8 nitrogen and oxygen atoms in total. The number of benzene rings is 1. The van der Waals surface area contributed by atoms with Gasteiger partial charge in [0, 0.05) is 22.8 Å². The summed E-state index contributed by atoms with van der Waals surface area (Å²) in [6.45, 7) is 1.78. The van der Waals surface area contributed by atoms with Crippen LogP contribution in [-0.2, 0) is 7.05 Å². The lowest BCUT2D eigenvalue weighted by molar-refractivity contribution is 0.0997. The molecule has 27 heavy (non-hydrogen) atoms. The van der Waals surface area contributed by atoms with Crippen LogP contribution < -0.4 is 5.62 Å². The van der Waals surface area contributed by atoms with E-state index in [0.717, 1.165) is 15.5 Å². The van der Waals surface area contributed by atoms with Gasteiger partial charge in [0.2, 0.25) is 11.5 Å². The van der Waals surface area contributed by atoms with E-state index in [1.165, 1.54) is 10.9 Å². The van der Waals surface area contributed by atoms with E-state index >= 15 is 0 Å². The van der Waals surface area contributed by atoms with Crippen molar-refractivity contribution >= 4 is 32.9 Å². The van der Waals surface area contributed by atoms with Crippen LogP contribution in [0.3, 0.4) is 0 Å². The standard InChI is InChI=1S/C18H15BrN6O2/c1-9-5-10(6-14(21-9)12-8-20-25(2)17(12)27)16(26)24-18-22-13-4-3-11(19)7-15(13)23-18/h3-8,27H,1-2H3,(H2,22,23,24,26). The number of fused-ring (bicyclic) bond motifs is 1. The summed E-state index contributed by atoms with van der Waals surface area (Å²) in [4.78, 5) is 27.3. The van der Waals surface area contributed by atoms with Gasteiger partial charge in [0.05, 0.1) is 28.5 Å². The average molecular weight is 427 g/mol. The number of pyridine rings is 1. The average Bonchev–Trinajstić information content (AvgIpc) is 3.17. The first-order chi connectivity index (χ1) is 12.9. The van der Waals surface area contributed by atoms with E-state index in [-0.39, 0.29) is 5.88 Å². The number of nitrogens with one attached hydrogen (secondary N) is 2. The Labute approximate surface area is 161 Å². The van der Waals surface area contributed by atoms with Crippen LogP contribution in [0.2, 0.25) is 0 Å². The maximum absolute atomic E-state index is 12.7. The Morgan fingerprint density at radius 3 is 2.74 bits per heavy atom. The van der Waals surface area contributed by atoms with Gasteiger partial charge in [0.15, 0.2) is 0 Å². The lowest BCUT2D eigenvalue weighted by Crippen LogP contribution is -2.10. The molecule has 9 heteroatoms. The molecule has 0 atom stereocenters. The van der Waals surface area contributed by atoms with E-state index in [9.17, 15) is 9.90 Å². The molecule has 0 spiro atoms. The van der Waals surface area contributed by atoms with Crippen molar-refractivity contribution in [1.82, 2.24) is 24.7 Å². The normalized spacial score (nSPS) is 12.0. The van der Waals surface area contributed by atoms with Crippen molar-refractivity contribution in [1.29, 1.82) is 0 Å². The highest BCUT2D eigenvalue weighted by Gasteiger charge is 2.14. The molecule has 0 bridgehead atoms. The molecular formula is C18H15BrN6O2. The van der Waals surface area contributed by atoms with Crippen molar-refractivity contribution in [2.24, 2.45) is 12.0 Å². The second-order valence-electron chi connectivity index (χ2n) is 6.09. The van der Waals surface area contributed by atoms with Crippen LogP contribution in [0.15, 0.2) is 46.0 Å². The molecule has 4 rings (SSSR count). The second-order valence-corrected chi connectivity index (χ2v) is 7.01. The van der Waals surface area contributed by atoms with Gasteiger partial charge >= 0.3 is 0 Å². The third kappa shape index (κ3) is 3.28. The van der Waals surface area contributed by atoms with Crippen LogP contribution in [0.1, 0.15) is 16.1 Å². The molecule has 0 saturated heterocycles. The highest BCUT2D eigenvalue weighted by Crippen LogP contribution is 2.27. The zero-order chi connectivity index (χ0) is 19.1. The summed E-state index contributed by atoms with van der Waals surface area (Å²) in [5.41, 5.74) is 3.96. The first kappa shape index (κ1) is 17.2. The van der Waals surface area contributed by atoms with Crippen molar-refractivity contribution in [3.63, 3.8) is 0 Å².